The van der Waals surface area contributed by atoms with Crippen LogP contribution in [0.2, 0.25) is 0 Å². The molecule has 0 aliphatic carbocycles. The number of anilines is 2. The van der Waals surface area contributed by atoms with Crippen molar-refractivity contribution in [3.63, 3.8) is 0 Å². The SMILES string of the molecule is CCN(C(=O)c1ccc(NCC(=O)NCc2ccco2)cc1)c1ccccc1. The molecule has 1 aromatic heterocycles. The Morgan fingerprint density at radius 2 is 1.71 bits per heavy atom. The molecule has 0 aliphatic rings. The molecule has 1 heterocycles. The molecular weight excluding hydrogens is 354 g/mol. The number of furan rings is 1. The highest BCUT2D eigenvalue weighted by Gasteiger charge is 2.15. The molecule has 144 valence electrons. The second kappa shape index (κ2) is 9.41. The number of amides is 2. The Bertz CT molecular complexity index is 891. The first-order chi connectivity index (χ1) is 13.7. The molecule has 0 unspecified atom stereocenters. The predicted molar refractivity (Wildman–Crippen MR) is 109 cm³/mol. The van der Waals surface area contributed by atoms with Gasteiger partial charge in [0.15, 0.2) is 0 Å². The Kier molecular flexibility index (Phi) is 6.46. The van der Waals surface area contributed by atoms with E-state index in [2.05, 4.69) is 10.6 Å². The quantitative estimate of drug-likeness (QED) is 0.628. The van der Waals surface area contributed by atoms with Crippen LogP contribution < -0.4 is 15.5 Å². The standard InChI is InChI=1S/C22H23N3O3/c1-2-25(19-7-4-3-5-8-19)22(27)17-10-12-18(13-11-17)23-16-21(26)24-15-20-9-6-14-28-20/h3-14,23H,2,15-16H2,1H3,(H,24,26). The molecule has 0 atom stereocenters. The van der Waals surface area contributed by atoms with Crippen molar-refractivity contribution >= 4 is 23.2 Å². The molecule has 2 aromatic carbocycles. The lowest BCUT2D eigenvalue weighted by Gasteiger charge is -2.21. The third-order valence-electron chi connectivity index (χ3n) is 4.25. The lowest BCUT2D eigenvalue weighted by atomic mass is 10.1. The predicted octanol–water partition coefficient (Wildman–Crippen LogP) is 3.67. The van der Waals surface area contributed by atoms with Crippen molar-refractivity contribution in [3.05, 3.63) is 84.3 Å². The summed E-state index contributed by atoms with van der Waals surface area (Å²) < 4.78 is 5.17. The number of hydrogen-bond acceptors (Lipinski definition) is 4. The molecule has 0 bridgehead atoms. The monoisotopic (exact) mass is 377 g/mol. The van der Waals surface area contributed by atoms with Crippen LogP contribution in [-0.2, 0) is 11.3 Å². The highest BCUT2D eigenvalue weighted by atomic mass is 16.3. The van der Waals surface area contributed by atoms with Gasteiger partial charge in [-0.25, -0.2) is 0 Å². The minimum atomic E-state index is -0.141. The van der Waals surface area contributed by atoms with Crippen molar-refractivity contribution in [2.24, 2.45) is 0 Å². The Labute approximate surface area is 164 Å². The highest BCUT2D eigenvalue weighted by Crippen LogP contribution is 2.18. The van der Waals surface area contributed by atoms with Gasteiger partial charge in [0.1, 0.15) is 5.76 Å². The molecule has 3 rings (SSSR count). The van der Waals surface area contributed by atoms with E-state index in [0.29, 0.717) is 24.4 Å². The molecule has 2 amide bonds. The first kappa shape index (κ1) is 19.2. The molecule has 0 radical (unpaired) electrons. The van der Waals surface area contributed by atoms with Crippen LogP contribution in [-0.4, -0.2) is 24.9 Å². The summed E-state index contributed by atoms with van der Waals surface area (Å²) in [5.41, 5.74) is 2.23. The molecule has 28 heavy (non-hydrogen) atoms. The fourth-order valence-electron chi connectivity index (χ4n) is 2.78. The van der Waals surface area contributed by atoms with E-state index in [1.807, 2.05) is 37.3 Å². The Balaban J connectivity index is 1.54. The molecular formula is C22H23N3O3. The van der Waals surface area contributed by atoms with Crippen LogP contribution in [0.25, 0.3) is 0 Å². The maximum atomic E-state index is 12.8. The fourth-order valence-corrected chi connectivity index (χ4v) is 2.78. The molecule has 6 heteroatoms. The van der Waals surface area contributed by atoms with Gasteiger partial charge in [-0.3, -0.25) is 9.59 Å². The molecule has 6 nitrogen and oxygen atoms in total. The van der Waals surface area contributed by atoms with Crippen molar-refractivity contribution < 1.29 is 14.0 Å². The second-order valence-electron chi connectivity index (χ2n) is 6.17. The van der Waals surface area contributed by atoms with Gasteiger partial charge in [0.05, 0.1) is 19.4 Å². The summed E-state index contributed by atoms with van der Waals surface area (Å²) in [4.78, 5) is 26.4. The van der Waals surface area contributed by atoms with E-state index >= 15 is 0 Å². The topological polar surface area (TPSA) is 74.6 Å². The van der Waals surface area contributed by atoms with Gasteiger partial charge in [-0.15, -0.1) is 0 Å². The number of nitrogens with zero attached hydrogens (tertiary/aromatic N) is 1. The number of benzene rings is 2. The summed E-state index contributed by atoms with van der Waals surface area (Å²) in [6.07, 6.45) is 1.57. The first-order valence-corrected chi connectivity index (χ1v) is 9.17. The molecule has 0 fully saturated rings. The smallest absolute Gasteiger partial charge is 0.258 e. The van der Waals surface area contributed by atoms with Gasteiger partial charge in [0.2, 0.25) is 5.91 Å². The van der Waals surface area contributed by atoms with E-state index < -0.39 is 0 Å². The van der Waals surface area contributed by atoms with Gasteiger partial charge in [0, 0.05) is 23.5 Å². The summed E-state index contributed by atoms with van der Waals surface area (Å²) in [6, 6.07) is 20.3. The van der Waals surface area contributed by atoms with Crippen LogP contribution in [0, 0.1) is 0 Å². The number of hydrogen-bond donors (Lipinski definition) is 2. The van der Waals surface area contributed by atoms with Gasteiger partial charge in [-0.1, -0.05) is 18.2 Å². The number of carbonyl (C=O) groups is 2. The van der Waals surface area contributed by atoms with Gasteiger partial charge in [0.25, 0.3) is 5.91 Å². The number of rotatable bonds is 8. The lowest BCUT2D eigenvalue weighted by molar-refractivity contribution is -0.119. The van der Waals surface area contributed by atoms with Crippen LogP contribution in [0.3, 0.4) is 0 Å². The lowest BCUT2D eigenvalue weighted by Crippen LogP contribution is -2.30. The van der Waals surface area contributed by atoms with E-state index in [0.717, 1.165) is 11.4 Å². The van der Waals surface area contributed by atoms with E-state index in [4.69, 9.17) is 4.42 Å². The first-order valence-electron chi connectivity index (χ1n) is 9.17. The average Bonchev–Trinajstić information content (AvgIpc) is 3.26. The Hall–Kier alpha value is -3.54. The van der Waals surface area contributed by atoms with Gasteiger partial charge in [-0.05, 0) is 55.5 Å². The molecule has 2 N–H and O–H groups in total. The van der Waals surface area contributed by atoms with E-state index in [1.165, 1.54) is 0 Å². The van der Waals surface area contributed by atoms with E-state index in [-0.39, 0.29) is 18.4 Å². The largest absolute Gasteiger partial charge is 0.467 e. The molecule has 0 aliphatic heterocycles. The molecule has 0 spiro atoms. The summed E-state index contributed by atoms with van der Waals surface area (Å²) in [7, 11) is 0. The van der Waals surface area contributed by atoms with Crippen LogP contribution >= 0.6 is 0 Å². The summed E-state index contributed by atoms with van der Waals surface area (Å²) in [6.45, 7) is 3.02. The van der Waals surface area contributed by atoms with Crippen molar-refractivity contribution in [2.75, 3.05) is 23.3 Å². The van der Waals surface area contributed by atoms with Crippen molar-refractivity contribution in [2.45, 2.75) is 13.5 Å². The van der Waals surface area contributed by atoms with Crippen molar-refractivity contribution in [1.29, 1.82) is 0 Å². The number of carbonyl (C=O) groups excluding carboxylic acids is 2. The second-order valence-corrected chi connectivity index (χ2v) is 6.17. The Morgan fingerprint density at radius 3 is 2.36 bits per heavy atom. The van der Waals surface area contributed by atoms with Crippen molar-refractivity contribution in [3.8, 4) is 0 Å². The van der Waals surface area contributed by atoms with Gasteiger partial charge in [-0.2, -0.15) is 0 Å². The van der Waals surface area contributed by atoms with Crippen LogP contribution in [0.1, 0.15) is 23.0 Å². The minimum absolute atomic E-state index is 0.0589. The Morgan fingerprint density at radius 1 is 0.964 bits per heavy atom. The van der Waals surface area contributed by atoms with E-state index in [1.54, 1.807) is 47.6 Å². The highest BCUT2D eigenvalue weighted by molar-refractivity contribution is 6.06. The zero-order valence-electron chi connectivity index (χ0n) is 15.7. The number of para-hydroxylation sites is 1. The molecule has 0 saturated carbocycles. The zero-order valence-corrected chi connectivity index (χ0v) is 15.7. The summed E-state index contributed by atoms with van der Waals surface area (Å²) in [5, 5.41) is 5.82. The summed E-state index contributed by atoms with van der Waals surface area (Å²) >= 11 is 0. The summed E-state index contributed by atoms with van der Waals surface area (Å²) in [5.74, 6) is 0.504. The third kappa shape index (κ3) is 5.01. The maximum Gasteiger partial charge on any atom is 0.258 e. The van der Waals surface area contributed by atoms with Crippen molar-refractivity contribution in [1.82, 2.24) is 5.32 Å². The van der Waals surface area contributed by atoms with Gasteiger partial charge >= 0.3 is 0 Å². The van der Waals surface area contributed by atoms with Crippen LogP contribution in [0.4, 0.5) is 11.4 Å². The maximum absolute atomic E-state index is 12.8. The van der Waals surface area contributed by atoms with Crippen LogP contribution in [0.15, 0.2) is 77.4 Å². The molecule has 0 saturated heterocycles. The van der Waals surface area contributed by atoms with Gasteiger partial charge < -0.3 is 20.0 Å². The number of nitrogens with one attached hydrogen (secondary N) is 2. The normalized spacial score (nSPS) is 10.3. The van der Waals surface area contributed by atoms with Crippen LogP contribution in [0.5, 0.6) is 0 Å². The third-order valence-corrected chi connectivity index (χ3v) is 4.25. The minimum Gasteiger partial charge on any atom is -0.467 e. The zero-order chi connectivity index (χ0) is 19.8. The fraction of sp³-hybridized carbons (Fsp3) is 0.182. The molecule has 3 aromatic rings. The average molecular weight is 377 g/mol. The van der Waals surface area contributed by atoms with E-state index in [9.17, 15) is 9.59 Å².